The van der Waals surface area contributed by atoms with Crippen LogP contribution in [0.2, 0.25) is 5.15 Å². The topological polar surface area (TPSA) is 33.4 Å². The van der Waals surface area contributed by atoms with Crippen LogP contribution in [0.1, 0.15) is 13.3 Å². The molecule has 0 aliphatic carbocycles. The van der Waals surface area contributed by atoms with Gasteiger partial charge in [-0.3, -0.25) is 0 Å². The Morgan fingerprint density at radius 1 is 1.19 bits per heavy atom. The van der Waals surface area contributed by atoms with Crippen molar-refractivity contribution in [2.24, 2.45) is 0 Å². The van der Waals surface area contributed by atoms with E-state index in [0.717, 1.165) is 35.7 Å². The molecule has 0 fully saturated rings. The average Bonchev–Trinajstić information content (AvgIpc) is 2.91. The third kappa shape index (κ3) is 2.72. The summed E-state index contributed by atoms with van der Waals surface area (Å²) in [6.45, 7) is 3.09. The van der Waals surface area contributed by atoms with Gasteiger partial charge in [-0.25, -0.2) is 4.98 Å². The number of halogens is 1. The minimum Gasteiger partial charge on any atom is -0.359 e. The first-order chi connectivity index (χ1) is 10.2. The van der Waals surface area contributed by atoms with E-state index >= 15 is 0 Å². The monoisotopic (exact) mass is 300 g/mol. The summed E-state index contributed by atoms with van der Waals surface area (Å²) in [5, 5.41) is 5.17. The van der Waals surface area contributed by atoms with E-state index in [9.17, 15) is 0 Å². The highest BCUT2D eigenvalue weighted by molar-refractivity contribution is 6.29. The van der Waals surface area contributed by atoms with Crippen LogP contribution >= 0.6 is 11.6 Å². The maximum Gasteiger partial charge on any atom is 0.159 e. The molecule has 108 valence electrons. The first-order valence-corrected chi connectivity index (χ1v) is 7.39. The number of anilines is 1. The molecule has 0 unspecified atom stereocenters. The van der Waals surface area contributed by atoms with E-state index in [1.807, 2.05) is 54.0 Å². The molecule has 21 heavy (non-hydrogen) atoms. The van der Waals surface area contributed by atoms with E-state index in [1.54, 1.807) is 0 Å². The summed E-state index contributed by atoms with van der Waals surface area (Å²) >= 11 is 6.14. The fourth-order valence-corrected chi connectivity index (χ4v) is 2.58. The van der Waals surface area contributed by atoms with Crippen LogP contribution in [-0.2, 0) is 0 Å². The van der Waals surface area contributed by atoms with Gasteiger partial charge in [-0.05, 0) is 6.42 Å². The summed E-state index contributed by atoms with van der Waals surface area (Å²) in [4.78, 5) is 6.51. The van der Waals surface area contributed by atoms with Gasteiger partial charge in [0.05, 0.1) is 5.69 Å². The predicted octanol–water partition coefficient (Wildman–Crippen LogP) is 3.90. The van der Waals surface area contributed by atoms with Crippen molar-refractivity contribution in [3.8, 4) is 11.3 Å². The molecule has 0 amide bonds. The highest BCUT2D eigenvalue weighted by Crippen LogP contribution is 2.24. The number of benzene rings is 1. The molecule has 0 N–H and O–H groups in total. The average molecular weight is 301 g/mol. The van der Waals surface area contributed by atoms with Crippen molar-refractivity contribution in [2.45, 2.75) is 13.3 Å². The van der Waals surface area contributed by atoms with Gasteiger partial charge in [0.25, 0.3) is 0 Å². The highest BCUT2D eigenvalue weighted by atomic mass is 35.5. The normalized spacial score (nSPS) is 11.0. The summed E-state index contributed by atoms with van der Waals surface area (Å²) in [7, 11) is 2.04. The van der Waals surface area contributed by atoms with E-state index < -0.39 is 0 Å². The molecule has 3 rings (SSSR count). The quantitative estimate of drug-likeness (QED) is 0.685. The molecule has 4 nitrogen and oxygen atoms in total. The van der Waals surface area contributed by atoms with Crippen LogP contribution in [-0.4, -0.2) is 28.2 Å². The van der Waals surface area contributed by atoms with E-state index in [1.165, 1.54) is 0 Å². The van der Waals surface area contributed by atoms with Gasteiger partial charge >= 0.3 is 0 Å². The first kappa shape index (κ1) is 13.9. The fourth-order valence-electron chi connectivity index (χ4n) is 2.40. The number of hydrogen-bond acceptors (Lipinski definition) is 3. The summed E-state index contributed by atoms with van der Waals surface area (Å²) in [5.41, 5.74) is 2.74. The lowest BCUT2D eigenvalue weighted by atomic mass is 10.2. The Morgan fingerprint density at radius 2 is 1.95 bits per heavy atom. The van der Waals surface area contributed by atoms with Crippen LogP contribution < -0.4 is 4.90 Å². The lowest BCUT2D eigenvalue weighted by molar-refractivity contribution is 0.802. The molecule has 0 saturated carbocycles. The lowest BCUT2D eigenvalue weighted by Crippen LogP contribution is -2.21. The molecule has 0 aliphatic rings. The zero-order valence-corrected chi connectivity index (χ0v) is 12.9. The van der Waals surface area contributed by atoms with E-state index in [4.69, 9.17) is 11.6 Å². The summed E-state index contributed by atoms with van der Waals surface area (Å²) in [6, 6.07) is 13.9. The van der Waals surface area contributed by atoms with E-state index in [0.29, 0.717) is 5.15 Å². The number of fused-ring (bicyclic) bond motifs is 1. The zero-order chi connectivity index (χ0) is 14.8. The largest absolute Gasteiger partial charge is 0.359 e. The van der Waals surface area contributed by atoms with Crippen LogP contribution in [0, 0.1) is 0 Å². The van der Waals surface area contributed by atoms with Gasteiger partial charge in [0, 0.05) is 31.3 Å². The zero-order valence-electron chi connectivity index (χ0n) is 12.1. The van der Waals surface area contributed by atoms with Gasteiger partial charge in [0.2, 0.25) is 0 Å². The van der Waals surface area contributed by atoms with Gasteiger partial charge < -0.3 is 4.90 Å². The Kier molecular flexibility index (Phi) is 3.80. The Bertz CT molecular complexity index is 752. The Balaban J connectivity index is 2.14. The summed E-state index contributed by atoms with van der Waals surface area (Å²) in [5.74, 6) is 0.953. The van der Waals surface area contributed by atoms with Crippen molar-refractivity contribution in [2.75, 3.05) is 18.5 Å². The van der Waals surface area contributed by atoms with Crippen molar-refractivity contribution < 1.29 is 0 Å². The SMILES string of the molecule is CCCN(C)c1cc(Cl)nc2cc(-c3ccccc3)nn12. The molecule has 0 saturated heterocycles. The molecule has 2 aromatic heterocycles. The molecule has 1 aromatic carbocycles. The molecule has 0 bridgehead atoms. The maximum absolute atomic E-state index is 6.14. The van der Waals surface area contributed by atoms with Crippen molar-refractivity contribution in [1.29, 1.82) is 0 Å². The molecule has 5 heteroatoms. The second-order valence-electron chi connectivity index (χ2n) is 5.02. The van der Waals surface area contributed by atoms with Gasteiger partial charge in [-0.1, -0.05) is 48.9 Å². The predicted molar refractivity (Wildman–Crippen MR) is 87.0 cm³/mol. The lowest BCUT2D eigenvalue weighted by Gasteiger charge is -2.19. The smallest absolute Gasteiger partial charge is 0.159 e. The Morgan fingerprint density at radius 3 is 2.67 bits per heavy atom. The minimum absolute atomic E-state index is 0.486. The molecule has 2 heterocycles. The molecule has 0 radical (unpaired) electrons. The van der Waals surface area contributed by atoms with Crippen LogP contribution in [0.4, 0.5) is 5.82 Å². The molecule has 0 aliphatic heterocycles. The first-order valence-electron chi connectivity index (χ1n) is 7.02. The summed E-state index contributed by atoms with van der Waals surface area (Å²) < 4.78 is 1.85. The minimum atomic E-state index is 0.486. The van der Waals surface area contributed by atoms with E-state index in [-0.39, 0.29) is 0 Å². The number of rotatable bonds is 4. The Hall–Kier alpha value is -2.07. The van der Waals surface area contributed by atoms with Crippen LogP contribution in [0.3, 0.4) is 0 Å². The second kappa shape index (κ2) is 5.74. The number of aromatic nitrogens is 3. The number of nitrogens with zero attached hydrogens (tertiary/aromatic N) is 4. The Labute approximate surface area is 129 Å². The third-order valence-electron chi connectivity index (χ3n) is 3.40. The second-order valence-corrected chi connectivity index (χ2v) is 5.41. The summed E-state index contributed by atoms with van der Waals surface area (Å²) in [6.07, 6.45) is 1.06. The van der Waals surface area contributed by atoms with Crippen molar-refractivity contribution in [1.82, 2.24) is 14.6 Å². The van der Waals surface area contributed by atoms with Crippen LogP contribution in [0.5, 0.6) is 0 Å². The van der Waals surface area contributed by atoms with Gasteiger partial charge in [0.1, 0.15) is 11.0 Å². The van der Waals surface area contributed by atoms with Gasteiger partial charge in [-0.2, -0.15) is 9.61 Å². The van der Waals surface area contributed by atoms with Crippen molar-refractivity contribution in [3.05, 3.63) is 47.6 Å². The van der Waals surface area contributed by atoms with Crippen molar-refractivity contribution in [3.63, 3.8) is 0 Å². The van der Waals surface area contributed by atoms with Crippen LogP contribution in [0.15, 0.2) is 42.5 Å². The molecule has 0 spiro atoms. The van der Waals surface area contributed by atoms with Crippen LogP contribution in [0.25, 0.3) is 16.9 Å². The van der Waals surface area contributed by atoms with Gasteiger partial charge in [-0.15, -0.1) is 0 Å². The van der Waals surface area contributed by atoms with Crippen molar-refractivity contribution >= 4 is 23.1 Å². The molecule has 0 atom stereocenters. The standard InChI is InChI=1S/C16H17ClN4/c1-3-9-20(2)16-11-14(17)18-15-10-13(19-21(15)16)12-7-5-4-6-8-12/h4-8,10-11H,3,9H2,1-2H3. The fraction of sp³-hybridized carbons (Fsp3) is 0.250. The van der Waals surface area contributed by atoms with Gasteiger partial charge in [0.15, 0.2) is 5.65 Å². The van der Waals surface area contributed by atoms with E-state index in [2.05, 4.69) is 21.9 Å². The number of hydrogen-bond donors (Lipinski definition) is 0. The third-order valence-corrected chi connectivity index (χ3v) is 3.59. The molecular weight excluding hydrogens is 284 g/mol. The molecular formula is C16H17ClN4. The molecule has 3 aromatic rings. The highest BCUT2D eigenvalue weighted by Gasteiger charge is 2.12. The maximum atomic E-state index is 6.14.